The maximum absolute atomic E-state index is 9.34. The molecule has 0 aliphatic carbocycles. The average molecular weight is 196 g/mol. The highest BCUT2D eigenvalue weighted by atomic mass is 16.5. The van der Waals surface area contributed by atoms with Crippen molar-refractivity contribution in [2.24, 2.45) is 5.73 Å². The minimum atomic E-state index is 0.162. The summed E-state index contributed by atoms with van der Waals surface area (Å²) in [5.74, 6) is 0.659. The van der Waals surface area contributed by atoms with Crippen LogP contribution in [0.4, 0.5) is 0 Å². The van der Waals surface area contributed by atoms with Gasteiger partial charge in [0, 0.05) is 19.6 Å². The molecule has 0 amide bonds. The molecule has 0 aliphatic rings. The van der Waals surface area contributed by atoms with E-state index >= 15 is 0 Å². The van der Waals surface area contributed by atoms with Crippen molar-refractivity contribution < 1.29 is 9.84 Å². The molecule has 1 aromatic rings. The number of ether oxygens (including phenoxy) is 1. The predicted molar refractivity (Wildman–Crippen MR) is 55.4 cm³/mol. The van der Waals surface area contributed by atoms with E-state index in [1.807, 2.05) is 6.07 Å². The average Bonchev–Trinajstić information content (AvgIpc) is 2.21. The molecule has 0 unspecified atom stereocenters. The third kappa shape index (κ3) is 2.90. The Morgan fingerprint density at radius 1 is 1.50 bits per heavy atom. The van der Waals surface area contributed by atoms with Gasteiger partial charge in [-0.05, 0) is 17.7 Å². The van der Waals surface area contributed by atoms with Crippen LogP contribution in [0.3, 0.4) is 0 Å². The highest BCUT2D eigenvalue weighted by Gasteiger charge is 2.01. The molecule has 0 atom stereocenters. The van der Waals surface area contributed by atoms with Gasteiger partial charge in [0.15, 0.2) is 11.5 Å². The molecule has 0 spiro atoms. The van der Waals surface area contributed by atoms with Crippen molar-refractivity contribution in [3.8, 4) is 11.5 Å². The minimum Gasteiger partial charge on any atom is -0.504 e. The van der Waals surface area contributed by atoms with Gasteiger partial charge in [-0.15, -0.1) is 0 Å². The molecule has 0 saturated carbocycles. The van der Waals surface area contributed by atoms with Crippen molar-refractivity contribution in [3.05, 3.63) is 23.8 Å². The fourth-order valence-electron chi connectivity index (χ4n) is 1.17. The maximum Gasteiger partial charge on any atom is 0.160 e. The second-order valence-electron chi connectivity index (χ2n) is 2.97. The second kappa shape index (κ2) is 5.47. The van der Waals surface area contributed by atoms with Crippen molar-refractivity contribution in [3.63, 3.8) is 0 Å². The summed E-state index contributed by atoms with van der Waals surface area (Å²) >= 11 is 0. The first-order valence-corrected chi connectivity index (χ1v) is 4.54. The lowest BCUT2D eigenvalue weighted by atomic mass is 10.2. The Bertz CT molecular complexity index is 289. The highest BCUT2D eigenvalue weighted by Crippen LogP contribution is 2.25. The van der Waals surface area contributed by atoms with Crippen LogP contribution in [0, 0.1) is 0 Å². The summed E-state index contributed by atoms with van der Waals surface area (Å²) in [5, 5.41) is 12.5. The van der Waals surface area contributed by atoms with E-state index in [0.29, 0.717) is 12.3 Å². The molecular weight excluding hydrogens is 180 g/mol. The molecule has 0 heterocycles. The van der Waals surface area contributed by atoms with Crippen molar-refractivity contribution in [1.82, 2.24) is 5.32 Å². The van der Waals surface area contributed by atoms with E-state index in [-0.39, 0.29) is 5.75 Å². The van der Waals surface area contributed by atoms with Crippen molar-refractivity contribution in [1.29, 1.82) is 0 Å². The van der Waals surface area contributed by atoms with E-state index in [1.165, 1.54) is 7.11 Å². The quantitative estimate of drug-likeness (QED) is 0.598. The summed E-state index contributed by atoms with van der Waals surface area (Å²) in [7, 11) is 1.53. The van der Waals surface area contributed by atoms with Gasteiger partial charge < -0.3 is 20.9 Å². The fraction of sp³-hybridized carbons (Fsp3) is 0.400. The van der Waals surface area contributed by atoms with Crippen molar-refractivity contribution in [2.45, 2.75) is 6.54 Å². The molecule has 0 bridgehead atoms. The summed E-state index contributed by atoms with van der Waals surface area (Å²) in [4.78, 5) is 0. The molecule has 1 aromatic carbocycles. The lowest BCUT2D eigenvalue weighted by Gasteiger charge is -2.07. The van der Waals surface area contributed by atoms with Crippen LogP contribution in [0.2, 0.25) is 0 Å². The van der Waals surface area contributed by atoms with Gasteiger partial charge in [0.25, 0.3) is 0 Å². The first-order valence-electron chi connectivity index (χ1n) is 4.54. The van der Waals surface area contributed by atoms with Crippen LogP contribution in [0.1, 0.15) is 5.56 Å². The topological polar surface area (TPSA) is 67.5 Å². The molecule has 14 heavy (non-hydrogen) atoms. The van der Waals surface area contributed by atoms with Gasteiger partial charge in [-0.2, -0.15) is 0 Å². The first kappa shape index (κ1) is 10.8. The molecule has 4 N–H and O–H groups in total. The lowest BCUT2D eigenvalue weighted by molar-refractivity contribution is 0.373. The third-order valence-corrected chi connectivity index (χ3v) is 1.89. The Morgan fingerprint density at radius 3 is 2.93 bits per heavy atom. The zero-order valence-corrected chi connectivity index (χ0v) is 8.29. The summed E-state index contributed by atoms with van der Waals surface area (Å²) in [6.45, 7) is 2.13. The van der Waals surface area contributed by atoms with Crippen molar-refractivity contribution in [2.75, 3.05) is 20.2 Å². The van der Waals surface area contributed by atoms with E-state index in [4.69, 9.17) is 10.5 Å². The monoisotopic (exact) mass is 196 g/mol. The van der Waals surface area contributed by atoms with Gasteiger partial charge in [-0.1, -0.05) is 6.07 Å². The number of phenols is 1. The van der Waals surface area contributed by atoms with Gasteiger partial charge in [0.05, 0.1) is 7.11 Å². The van der Waals surface area contributed by atoms with Crippen LogP contribution in [0.5, 0.6) is 11.5 Å². The SMILES string of the molecule is COc1cc(CNCCN)ccc1O. The van der Waals surface area contributed by atoms with E-state index < -0.39 is 0 Å². The maximum atomic E-state index is 9.34. The molecule has 0 radical (unpaired) electrons. The fourth-order valence-corrected chi connectivity index (χ4v) is 1.17. The van der Waals surface area contributed by atoms with Crippen molar-refractivity contribution >= 4 is 0 Å². The van der Waals surface area contributed by atoms with E-state index in [9.17, 15) is 5.11 Å². The third-order valence-electron chi connectivity index (χ3n) is 1.89. The van der Waals surface area contributed by atoms with Gasteiger partial charge >= 0.3 is 0 Å². The molecule has 1 rings (SSSR count). The number of hydrogen-bond donors (Lipinski definition) is 3. The highest BCUT2D eigenvalue weighted by molar-refractivity contribution is 5.41. The number of nitrogens with one attached hydrogen (secondary N) is 1. The summed E-state index contributed by atoms with van der Waals surface area (Å²) in [6, 6.07) is 5.28. The van der Waals surface area contributed by atoms with Crippen LogP contribution in [-0.4, -0.2) is 25.3 Å². The smallest absolute Gasteiger partial charge is 0.160 e. The Labute approximate surface area is 83.7 Å². The lowest BCUT2D eigenvalue weighted by Crippen LogP contribution is -2.21. The van der Waals surface area contributed by atoms with Gasteiger partial charge in [0.1, 0.15) is 0 Å². The molecule has 0 aliphatic heterocycles. The first-order chi connectivity index (χ1) is 6.77. The number of phenolic OH excluding ortho intramolecular Hbond substituents is 1. The Balaban J connectivity index is 2.60. The standard InChI is InChI=1S/C10H16N2O2/c1-14-10-6-8(2-3-9(10)13)7-12-5-4-11/h2-3,6,12-13H,4-5,7,11H2,1H3. The number of nitrogens with two attached hydrogens (primary N) is 1. The van der Waals surface area contributed by atoms with Gasteiger partial charge in [-0.25, -0.2) is 0 Å². The van der Waals surface area contributed by atoms with Crippen LogP contribution in [0.25, 0.3) is 0 Å². The van der Waals surface area contributed by atoms with E-state index in [1.54, 1.807) is 12.1 Å². The van der Waals surface area contributed by atoms with Crippen LogP contribution in [0.15, 0.2) is 18.2 Å². The predicted octanol–water partition coefficient (Wildman–Crippen LogP) is 0.449. The molecule has 4 nitrogen and oxygen atoms in total. The summed E-state index contributed by atoms with van der Waals surface area (Å²) < 4.78 is 4.99. The molecule has 0 fully saturated rings. The molecular formula is C10H16N2O2. The zero-order chi connectivity index (χ0) is 10.4. The summed E-state index contributed by atoms with van der Waals surface area (Å²) in [6.07, 6.45) is 0. The number of hydrogen-bond acceptors (Lipinski definition) is 4. The Kier molecular flexibility index (Phi) is 4.22. The molecule has 0 aromatic heterocycles. The largest absolute Gasteiger partial charge is 0.504 e. The number of rotatable bonds is 5. The minimum absolute atomic E-state index is 0.162. The summed E-state index contributed by atoms with van der Waals surface area (Å²) in [5.41, 5.74) is 6.41. The zero-order valence-electron chi connectivity index (χ0n) is 8.29. The Hall–Kier alpha value is -1.26. The Morgan fingerprint density at radius 2 is 2.29 bits per heavy atom. The van der Waals surface area contributed by atoms with E-state index in [2.05, 4.69) is 5.32 Å². The number of aromatic hydroxyl groups is 1. The van der Waals surface area contributed by atoms with Crippen LogP contribution in [-0.2, 0) is 6.54 Å². The van der Waals surface area contributed by atoms with Gasteiger partial charge in [-0.3, -0.25) is 0 Å². The number of methoxy groups -OCH3 is 1. The second-order valence-corrected chi connectivity index (χ2v) is 2.97. The van der Waals surface area contributed by atoms with Gasteiger partial charge in [0.2, 0.25) is 0 Å². The molecule has 78 valence electrons. The van der Waals surface area contributed by atoms with Crippen LogP contribution >= 0.6 is 0 Å². The molecule has 4 heteroatoms. The molecule has 0 saturated heterocycles. The number of benzene rings is 1. The van der Waals surface area contributed by atoms with Crippen LogP contribution < -0.4 is 15.8 Å². The normalized spacial score (nSPS) is 10.1. The van der Waals surface area contributed by atoms with E-state index in [0.717, 1.165) is 18.7 Å².